The van der Waals surface area contributed by atoms with Gasteiger partial charge in [0.1, 0.15) is 20.0 Å². The van der Waals surface area contributed by atoms with Crippen molar-refractivity contribution in [3.05, 3.63) is 20.9 Å². The topological polar surface area (TPSA) is 300 Å². The molecule has 2 radical (unpaired) electrons. The number of phosphoric ester groups is 1. The minimum atomic E-state index is -5.73. The van der Waals surface area contributed by atoms with Crippen LogP contribution in [0.15, 0.2) is 10.2 Å². The monoisotopic (exact) mass is 489 g/mol. The normalized spacial score (nSPS) is 27.4. The van der Waals surface area contributed by atoms with Gasteiger partial charge in [0.15, 0.2) is 0 Å². The van der Waals surface area contributed by atoms with Gasteiger partial charge in [0.2, 0.25) is 0 Å². The van der Waals surface area contributed by atoms with Crippen molar-refractivity contribution in [2.24, 2.45) is 10.2 Å². The lowest BCUT2D eigenvalue weighted by molar-refractivity contribution is -0.0916. The van der Waals surface area contributed by atoms with Gasteiger partial charge in [-0.25, -0.2) is 13.7 Å². The van der Waals surface area contributed by atoms with E-state index in [1.807, 2.05) is 0 Å². The van der Waals surface area contributed by atoms with Crippen molar-refractivity contribution in [2.75, 3.05) is 6.61 Å². The molecule has 1 saturated heterocycles. The number of rotatable bonds is 11. The number of hydrogen-bond acceptors (Lipinski definition) is 11. The Morgan fingerprint density at radius 2 is 1.73 bits per heavy atom. The van der Waals surface area contributed by atoms with Crippen molar-refractivity contribution in [3.8, 4) is 6.07 Å². The lowest BCUT2D eigenvalue weighted by Crippen LogP contribution is -2.37. The van der Waals surface area contributed by atoms with Gasteiger partial charge in [0.05, 0.1) is 12.7 Å². The Hall–Kier alpha value is -1.50. The van der Waals surface area contributed by atoms with Crippen molar-refractivity contribution in [1.82, 2.24) is 0 Å². The number of ether oxygens (including phenoxy) is 2. The zero-order chi connectivity index (χ0) is 23.2. The summed E-state index contributed by atoms with van der Waals surface area (Å²) < 4.78 is 55.3. The van der Waals surface area contributed by atoms with E-state index >= 15 is 0 Å². The number of azide groups is 1. The van der Waals surface area contributed by atoms with E-state index < -0.39 is 54.1 Å². The van der Waals surface area contributed by atoms with Gasteiger partial charge in [-0.1, -0.05) is 0 Å². The molecule has 1 heterocycles. The van der Waals surface area contributed by atoms with Crippen molar-refractivity contribution < 1.29 is 55.9 Å². The second-order valence-electron chi connectivity index (χ2n) is 5.09. The molecular formula is C7H11BN7O12P3. The van der Waals surface area contributed by atoms with Crippen LogP contribution in [0.25, 0.3) is 20.9 Å². The molecule has 19 nitrogen and oxygen atoms in total. The predicted molar refractivity (Wildman–Crippen MR) is 90.4 cm³/mol. The lowest BCUT2D eigenvalue weighted by Gasteiger charge is -2.25. The quantitative estimate of drug-likeness (QED) is 0.103. The average Bonchev–Trinajstić information content (AvgIpc) is 2.89. The predicted octanol–water partition coefficient (Wildman–Crippen LogP) is 0.796. The molecule has 0 aromatic heterocycles. The molecule has 4 N–H and O–H groups in total. The van der Waals surface area contributed by atoms with E-state index in [0.29, 0.717) is 0 Å². The highest BCUT2D eigenvalue weighted by molar-refractivity contribution is 7.66. The highest BCUT2D eigenvalue weighted by Crippen LogP contribution is 2.66. The molecule has 0 aromatic carbocycles. The number of hydrogen-bond donors (Lipinski definition) is 4. The molecule has 164 valence electrons. The summed E-state index contributed by atoms with van der Waals surface area (Å²) in [5.41, 5.74) is 17.0. The van der Waals surface area contributed by atoms with Crippen LogP contribution in [0.5, 0.6) is 0 Å². The maximum Gasteiger partial charge on any atom is 0.490 e. The standard InChI is InChI=1S/C7H11BN7O12P3/c8-6-1-4(25-7(3-9,12-14-10)13-15-11)5(24-6)2-23-29(19,20)27-30(21,22)26-28(16,17)18/h4-6H,1-2H2,(H,19,20)(H,21,22)(H2,16,17,18)/t4-,5-,6-/m1/s1. The fraction of sp³-hybridized carbons (Fsp3) is 0.857. The fourth-order valence-electron chi connectivity index (χ4n) is 1.96. The van der Waals surface area contributed by atoms with Crippen LogP contribution in [0.4, 0.5) is 0 Å². The molecule has 1 fully saturated rings. The van der Waals surface area contributed by atoms with Gasteiger partial charge in [-0.3, -0.25) is 4.52 Å². The number of nitrogens with zero attached hydrogens (tertiary/aromatic N) is 7. The summed E-state index contributed by atoms with van der Waals surface area (Å²) in [7, 11) is -11.2. The van der Waals surface area contributed by atoms with Gasteiger partial charge in [-0.15, -0.1) is 0 Å². The van der Waals surface area contributed by atoms with E-state index in [1.165, 1.54) is 6.07 Å². The zero-order valence-electron chi connectivity index (χ0n) is 14.3. The molecule has 0 amide bonds. The summed E-state index contributed by atoms with van der Waals surface area (Å²) in [6, 6.07) is 0.230. The second-order valence-corrected chi connectivity index (χ2v) is 9.51. The van der Waals surface area contributed by atoms with E-state index in [-0.39, 0.29) is 6.42 Å². The summed E-state index contributed by atoms with van der Waals surface area (Å²) in [6.07, 6.45) is -2.92. The zero-order valence-corrected chi connectivity index (χ0v) is 16.9. The summed E-state index contributed by atoms with van der Waals surface area (Å²) in [5, 5.41) is 14.9. The average molecular weight is 489 g/mol. The first-order valence-corrected chi connectivity index (χ1v) is 11.6. The molecule has 0 spiro atoms. The van der Waals surface area contributed by atoms with E-state index in [9.17, 15) is 18.6 Å². The third kappa shape index (κ3) is 8.70. The maximum absolute atomic E-state index is 11.7. The van der Waals surface area contributed by atoms with E-state index in [1.54, 1.807) is 0 Å². The van der Waals surface area contributed by atoms with E-state index in [4.69, 9.17) is 48.3 Å². The Bertz CT molecular complexity index is 906. The van der Waals surface area contributed by atoms with Gasteiger partial charge in [-0.05, 0) is 27.7 Å². The first-order chi connectivity index (χ1) is 13.7. The summed E-state index contributed by atoms with van der Waals surface area (Å²) >= 11 is 0. The largest absolute Gasteiger partial charge is 0.490 e. The SMILES string of the molecule is [B][C@H]1C[C@@H](OC(C#N)(N=[N+]=[N-])N=[N+]=[N-])[C@@H](COP(=O)(O)OP(=O)(O)OP(=O)(O)O)O1. The Kier molecular flexibility index (Phi) is 9.03. The Balaban J connectivity index is 2.90. The molecule has 1 aliphatic heterocycles. The molecule has 23 heteroatoms. The molecule has 1 rings (SSSR count). The molecule has 30 heavy (non-hydrogen) atoms. The van der Waals surface area contributed by atoms with Crippen molar-refractivity contribution in [3.63, 3.8) is 0 Å². The first kappa shape index (κ1) is 26.5. The molecule has 1 aliphatic rings. The van der Waals surface area contributed by atoms with Crippen molar-refractivity contribution in [1.29, 1.82) is 5.26 Å². The van der Waals surface area contributed by atoms with Crippen LogP contribution in [-0.4, -0.2) is 58.1 Å². The highest BCUT2D eigenvalue weighted by atomic mass is 31.3. The first-order valence-electron chi connectivity index (χ1n) is 7.07. The van der Waals surface area contributed by atoms with Crippen LogP contribution in [-0.2, 0) is 36.3 Å². The smallest absolute Gasteiger partial charge is 0.380 e. The second kappa shape index (κ2) is 10.2. The summed E-state index contributed by atoms with van der Waals surface area (Å²) in [5.74, 6) is -2.70. The number of nitriles is 1. The third-order valence-electron chi connectivity index (χ3n) is 2.87. The van der Waals surface area contributed by atoms with Crippen LogP contribution in [0.1, 0.15) is 6.42 Å². The third-order valence-corrected chi connectivity index (χ3v) is 6.67. The van der Waals surface area contributed by atoms with Crippen molar-refractivity contribution in [2.45, 2.75) is 30.5 Å². The van der Waals surface area contributed by atoms with Crippen LogP contribution < -0.4 is 0 Å². The maximum atomic E-state index is 11.7. The summed E-state index contributed by atoms with van der Waals surface area (Å²) in [6.45, 7) is -0.962. The van der Waals surface area contributed by atoms with Gasteiger partial charge in [0.25, 0.3) is 0 Å². The van der Waals surface area contributed by atoms with Crippen LogP contribution >= 0.6 is 23.5 Å². The minimum Gasteiger partial charge on any atom is -0.380 e. The van der Waals surface area contributed by atoms with Crippen LogP contribution in [0.3, 0.4) is 0 Å². The van der Waals surface area contributed by atoms with Gasteiger partial charge in [0, 0.05) is 15.8 Å². The molecule has 5 atom stereocenters. The Morgan fingerprint density at radius 1 is 1.17 bits per heavy atom. The van der Waals surface area contributed by atoms with Crippen LogP contribution in [0.2, 0.25) is 0 Å². The highest BCUT2D eigenvalue weighted by Gasteiger charge is 2.44. The Labute approximate surface area is 167 Å². The Morgan fingerprint density at radius 3 is 2.20 bits per heavy atom. The minimum absolute atomic E-state index is 0.213. The van der Waals surface area contributed by atoms with E-state index in [0.717, 1.165) is 0 Å². The van der Waals surface area contributed by atoms with Gasteiger partial charge in [-0.2, -0.15) is 13.9 Å². The van der Waals surface area contributed by atoms with E-state index in [2.05, 4.69) is 33.2 Å². The molecule has 0 aliphatic carbocycles. The van der Waals surface area contributed by atoms with Gasteiger partial charge < -0.3 is 29.0 Å². The van der Waals surface area contributed by atoms with Crippen molar-refractivity contribution >= 4 is 31.3 Å². The van der Waals surface area contributed by atoms with Crippen LogP contribution in [0, 0.1) is 11.3 Å². The fourth-order valence-corrected chi connectivity index (χ4v) is 4.99. The molecule has 0 aromatic rings. The van der Waals surface area contributed by atoms with Gasteiger partial charge >= 0.3 is 29.3 Å². The molecule has 2 unspecified atom stereocenters. The number of phosphoric acid groups is 3. The summed E-state index contributed by atoms with van der Waals surface area (Å²) in [4.78, 5) is 40.0. The molecule has 0 bridgehead atoms. The lowest BCUT2D eigenvalue weighted by atomic mass is 9.96. The molecular weight excluding hydrogens is 478 g/mol. The molecule has 0 saturated carbocycles.